The van der Waals surface area contributed by atoms with E-state index in [-0.39, 0.29) is 0 Å². The van der Waals surface area contributed by atoms with Crippen LogP contribution in [0.5, 0.6) is 0 Å². The van der Waals surface area contributed by atoms with Gasteiger partial charge in [0.15, 0.2) is 0 Å². The highest BCUT2D eigenvalue weighted by molar-refractivity contribution is 9.10. The molecular weight excluding hydrogens is 306 g/mol. The zero-order chi connectivity index (χ0) is 13.0. The highest BCUT2D eigenvalue weighted by Crippen LogP contribution is 2.26. The molecule has 0 amide bonds. The first-order chi connectivity index (χ1) is 8.69. The molecule has 0 bridgehead atoms. The molecule has 1 atom stereocenters. The smallest absolute Gasteiger partial charge is 0.0455 e. The molecule has 1 aromatic carbocycles. The number of hydrogen-bond donors (Lipinski definition) is 1. The van der Waals surface area contributed by atoms with Crippen LogP contribution >= 0.6 is 27.3 Å². The van der Waals surface area contributed by atoms with Crippen LogP contribution in [-0.4, -0.2) is 6.54 Å². The molecular formula is C15H18BrNS. The minimum absolute atomic E-state index is 0.426. The van der Waals surface area contributed by atoms with E-state index in [1.54, 1.807) is 0 Å². The van der Waals surface area contributed by atoms with E-state index in [1.165, 1.54) is 15.3 Å². The standard InChI is InChI=1S/C15H18BrNS/c1-3-17-14(15-9-4-11(2)18-15)10-12-5-7-13(16)8-6-12/h4-9,14,17H,3,10H2,1-2H3. The molecule has 1 nitrogen and oxygen atoms in total. The van der Waals surface area contributed by atoms with Crippen molar-refractivity contribution in [1.82, 2.24) is 5.32 Å². The fraction of sp³-hybridized carbons (Fsp3) is 0.333. The molecule has 96 valence electrons. The average Bonchev–Trinajstić information content (AvgIpc) is 2.78. The minimum Gasteiger partial charge on any atom is -0.309 e. The molecule has 0 spiro atoms. The van der Waals surface area contributed by atoms with Gasteiger partial charge in [0.05, 0.1) is 0 Å². The third-order valence-corrected chi connectivity index (χ3v) is 4.55. The second-order valence-corrected chi connectivity index (χ2v) is 6.62. The minimum atomic E-state index is 0.426. The monoisotopic (exact) mass is 323 g/mol. The Bertz CT molecular complexity index is 489. The van der Waals surface area contributed by atoms with Gasteiger partial charge in [-0.15, -0.1) is 11.3 Å². The summed E-state index contributed by atoms with van der Waals surface area (Å²) in [6, 6.07) is 13.5. The number of nitrogens with one attached hydrogen (secondary N) is 1. The molecule has 0 aliphatic heterocycles. The van der Waals surface area contributed by atoms with Crippen molar-refractivity contribution in [3.63, 3.8) is 0 Å². The maximum Gasteiger partial charge on any atom is 0.0455 e. The first-order valence-corrected chi connectivity index (χ1v) is 7.84. The molecule has 1 aromatic heterocycles. The van der Waals surface area contributed by atoms with Gasteiger partial charge >= 0.3 is 0 Å². The SMILES string of the molecule is CCNC(Cc1ccc(Br)cc1)c1ccc(C)s1. The quantitative estimate of drug-likeness (QED) is 0.840. The number of aryl methyl sites for hydroxylation is 1. The van der Waals surface area contributed by atoms with E-state index < -0.39 is 0 Å². The second-order valence-electron chi connectivity index (χ2n) is 4.39. The largest absolute Gasteiger partial charge is 0.309 e. The predicted octanol–water partition coefficient (Wildman–Crippen LogP) is 4.71. The summed E-state index contributed by atoms with van der Waals surface area (Å²) in [4.78, 5) is 2.81. The zero-order valence-electron chi connectivity index (χ0n) is 10.7. The summed E-state index contributed by atoms with van der Waals surface area (Å²) in [6.45, 7) is 5.32. The Kier molecular flexibility index (Phi) is 4.98. The molecule has 0 radical (unpaired) electrons. The van der Waals surface area contributed by atoms with Crippen LogP contribution < -0.4 is 5.32 Å². The van der Waals surface area contributed by atoms with Gasteiger partial charge in [-0.25, -0.2) is 0 Å². The van der Waals surface area contributed by atoms with E-state index in [0.29, 0.717) is 6.04 Å². The fourth-order valence-electron chi connectivity index (χ4n) is 2.02. The van der Waals surface area contributed by atoms with Crippen LogP contribution in [0.25, 0.3) is 0 Å². The van der Waals surface area contributed by atoms with Crippen LogP contribution in [0.1, 0.15) is 28.3 Å². The number of likely N-dealkylation sites (N-methyl/N-ethyl adjacent to an activating group) is 1. The van der Waals surface area contributed by atoms with Crippen molar-refractivity contribution in [2.24, 2.45) is 0 Å². The molecule has 1 heterocycles. The molecule has 1 N–H and O–H groups in total. The van der Waals surface area contributed by atoms with Crippen molar-refractivity contribution in [2.45, 2.75) is 26.3 Å². The summed E-state index contributed by atoms with van der Waals surface area (Å²) in [5.41, 5.74) is 1.37. The maximum atomic E-state index is 3.57. The van der Waals surface area contributed by atoms with E-state index in [4.69, 9.17) is 0 Å². The van der Waals surface area contributed by atoms with Gasteiger partial charge in [-0.3, -0.25) is 0 Å². The summed E-state index contributed by atoms with van der Waals surface area (Å²) >= 11 is 5.36. The highest BCUT2D eigenvalue weighted by Gasteiger charge is 2.12. The molecule has 0 fully saturated rings. The van der Waals surface area contributed by atoms with Gasteiger partial charge in [-0.2, -0.15) is 0 Å². The van der Waals surface area contributed by atoms with E-state index in [2.05, 4.69) is 71.5 Å². The summed E-state index contributed by atoms with van der Waals surface area (Å²) in [5, 5.41) is 3.57. The molecule has 3 heteroatoms. The predicted molar refractivity (Wildman–Crippen MR) is 83.3 cm³/mol. The Morgan fingerprint density at radius 2 is 1.89 bits per heavy atom. The van der Waals surface area contributed by atoms with Crippen LogP contribution in [0.2, 0.25) is 0 Å². The summed E-state index contributed by atoms with van der Waals surface area (Å²) in [7, 11) is 0. The maximum absolute atomic E-state index is 3.57. The lowest BCUT2D eigenvalue weighted by molar-refractivity contribution is 0.558. The second kappa shape index (κ2) is 6.50. The van der Waals surface area contributed by atoms with Gasteiger partial charge in [0.2, 0.25) is 0 Å². The lowest BCUT2D eigenvalue weighted by atomic mass is 10.0. The van der Waals surface area contributed by atoms with Crippen molar-refractivity contribution in [3.05, 3.63) is 56.2 Å². The van der Waals surface area contributed by atoms with Gasteiger partial charge < -0.3 is 5.32 Å². The van der Waals surface area contributed by atoms with Gasteiger partial charge in [0, 0.05) is 20.3 Å². The van der Waals surface area contributed by atoms with Crippen molar-refractivity contribution in [1.29, 1.82) is 0 Å². The molecule has 0 aliphatic rings. The summed E-state index contributed by atoms with van der Waals surface area (Å²) < 4.78 is 1.14. The van der Waals surface area contributed by atoms with Crippen molar-refractivity contribution in [2.75, 3.05) is 6.54 Å². The summed E-state index contributed by atoms with van der Waals surface area (Å²) in [6.07, 6.45) is 1.04. The van der Waals surface area contributed by atoms with Gasteiger partial charge in [-0.1, -0.05) is 35.0 Å². The van der Waals surface area contributed by atoms with Crippen LogP contribution in [-0.2, 0) is 6.42 Å². The Labute approximate surface area is 121 Å². The fourth-order valence-corrected chi connectivity index (χ4v) is 3.23. The Balaban J connectivity index is 2.13. The first kappa shape index (κ1) is 13.8. The van der Waals surface area contributed by atoms with Gasteiger partial charge in [0.25, 0.3) is 0 Å². The van der Waals surface area contributed by atoms with Crippen molar-refractivity contribution < 1.29 is 0 Å². The van der Waals surface area contributed by atoms with E-state index in [0.717, 1.165) is 17.4 Å². The van der Waals surface area contributed by atoms with Crippen LogP contribution in [0.4, 0.5) is 0 Å². The van der Waals surface area contributed by atoms with Crippen molar-refractivity contribution in [3.8, 4) is 0 Å². The number of hydrogen-bond acceptors (Lipinski definition) is 2. The lowest BCUT2D eigenvalue weighted by Crippen LogP contribution is -2.22. The molecule has 1 unspecified atom stereocenters. The Morgan fingerprint density at radius 1 is 1.17 bits per heavy atom. The van der Waals surface area contributed by atoms with Gasteiger partial charge in [-0.05, 0) is 49.7 Å². The molecule has 0 aliphatic carbocycles. The first-order valence-electron chi connectivity index (χ1n) is 6.23. The average molecular weight is 324 g/mol. The topological polar surface area (TPSA) is 12.0 Å². The number of thiophene rings is 1. The highest BCUT2D eigenvalue weighted by atomic mass is 79.9. The Hall–Kier alpha value is -0.640. The van der Waals surface area contributed by atoms with Crippen LogP contribution in [0.3, 0.4) is 0 Å². The number of halogens is 1. The number of benzene rings is 1. The van der Waals surface area contributed by atoms with E-state index >= 15 is 0 Å². The van der Waals surface area contributed by atoms with E-state index in [1.807, 2.05) is 11.3 Å². The molecule has 2 rings (SSSR count). The zero-order valence-corrected chi connectivity index (χ0v) is 13.1. The molecule has 2 aromatic rings. The lowest BCUT2D eigenvalue weighted by Gasteiger charge is -2.16. The third kappa shape index (κ3) is 3.67. The number of rotatable bonds is 5. The third-order valence-electron chi connectivity index (χ3n) is 2.91. The van der Waals surface area contributed by atoms with Gasteiger partial charge in [0.1, 0.15) is 0 Å². The van der Waals surface area contributed by atoms with E-state index in [9.17, 15) is 0 Å². The molecule has 18 heavy (non-hydrogen) atoms. The molecule has 0 saturated heterocycles. The van der Waals surface area contributed by atoms with Crippen LogP contribution in [0, 0.1) is 6.92 Å². The van der Waals surface area contributed by atoms with Crippen molar-refractivity contribution >= 4 is 27.3 Å². The summed E-state index contributed by atoms with van der Waals surface area (Å²) in [5.74, 6) is 0. The van der Waals surface area contributed by atoms with Crippen LogP contribution in [0.15, 0.2) is 40.9 Å². The molecule has 0 saturated carbocycles. The Morgan fingerprint density at radius 3 is 2.44 bits per heavy atom. The normalized spacial score (nSPS) is 12.6.